The lowest BCUT2D eigenvalue weighted by Gasteiger charge is -2.03. The molecule has 0 aliphatic carbocycles. The smallest absolute Gasteiger partial charge is 0.253 e. The molecule has 0 spiro atoms. The fourth-order valence-electron chi connectivity index (χ4n) is 1.39. The average molecular weight is 248 g/mol. The number of hydrogen-bond donors (Lipinski definition) is 1. The Labute approximate surface area is 105 Å². The van der Waals surface area contributed by atoms with Crippen LogP contribution in [0.5, 0.6) is 5.75 Å². The molecule has 1 heterocycles. The Bertz CT molecular complexity index is 491. The zero-order chi connectivity index (χ0) is 13.0. The lowest BCUT2D eigenvalue weighted by atomic mass is 10.2. The Hall–Kier alpha value is -1.88. The molecule has 0 amide bonds. The number of aliphatic hydroxyl groups excluding tert-OH is 1. The van der Waals surface area contributed by atoms with Gasteiger partial charge in [-0.2, -0.15) is 0 Å². The maximum absolute atomic E-state index is 8.92. The third kappa shape index (κ3) is 3.07. The minimum atomic E-state index is 0.0295. The van der Waals surface area contributed by atoms with Crippen molar-refractivity contribution in [3.8, 4) is 5.75 Å². The maximum Gasteiger partial charge on any atom is 0.253 e. The predicted molar refractivity (Wildman–Crippen MR) is 65.1 cm³/mol. The number of benzene rings is 1. The number of aliphatic hydroxyl groups is 1. The first kappa shape index (κ1) is 12.6. The molecule has 18 heavy (non-hydrogen) atoms. The van der Waals surface area contributed by atoms with Crippen LogP contribution in [0.4, 0.5) is 0 Å². The molecule has 1 aromatic carbocycles. The Morgan fingerprint density at radius 1 is 1.22 bits per heavy atom. The van der Waals surface area contributed by atoms with Gasteiger partial charge in [-0.15, -0.1) is 10.2 Å². The van der Waals surface area contributed by atoms with Crippen LogP contribution in [-0.4, -0.2) is 15.3 Å². The number of hydrogen-bond acceptors (Lipinski definition) is 5. The van der Waals surface area contributed by atoms with Crippen LogP contribution in [0, 0.1) is 0 Å². The summed E-state index contributed by atoms with van der Waals surface area (Å²) in [5, 5.41) is 16.7. The van der Waals surface area contributed by atoms with Gasteiger partial charge in [0.15, 0.2) is 6.61 Å². The Morgan fingerprint density at radius 3 is 2.50 bits per heavy atom. The molecule has 96 valence electrons. The van der Waals surface area contributed by atoms with Gasteiger partial charge in [-0.3, -0.25) is 0 Å². The highest BCUT2D eigenvalue weighted by Gasteiger charge is 2.09. The van der Waals surface area contributed by atoms with Crippen molar-refractivity contribution in [3.63, 3.8) is 0 Å². The molecular formula is C13H16N2O3. The molecule has 5 nitrogen and oxygen atoms in total. The van der Waals surface area contributed by atoms with Gasteiger partial charge in [-0.05, 0) is 17.7 Å². The molecule has 0 aliphatic rings. The molecule has 2 aromatic rings. The minimum Gasteiger partial charge on any atom is -0.484 e. The highest BCUT2D eigenvalue weighted by atomic mass is 16.5. The van der Waals surface area contributed by atoms with Gasteiger partial charge in [-0.25, -0.2) is 0 Å². The van der Waals surface area contributed by atoms with Crippen LogP contribution in [0.2, 0.25) is 0 Å². The molecule has 0 unspecified atom stereocenters. The number of nitrogens with zero attached hydrogens (tertiary/aromatic N) is 2. The van der Waals surface area contributed by atoms with E-state index in [9.17, 15) is 0 Å². The largest absolute Gasteiger partial charge is 0.484 e. The summed E-state index contributed by atoms with van der Waals surface area (Å²) in [4.78, 5) is 0. The fraction of sp³-hybridized carbons (Fsp3) is 0.385. The summed E-state index contributed by atoms with van der Waals surface area (Å²) in [6.45, 7) is 4.26. The molecule has 0 atom stereocenters. The Morgan fingerprint density at radius 2 is 1.94 bits per heavy atom. The van der Waals surface area contributed by atoms with E-state index in [4.69, 9.17) is 14.3 Å². The van der Waals surface area contributed by atoms with Crippen LogP contribution in [0.1, 0.15) is 37.1 Å². The molecule has 1 aromatic heterocycles. The highest BCUT2D eigenvalue weighted by Crippen LogP contribution is 2.16. The van der Waals surface area contributed by atoms with E-state index >= 15 is 0 Å². The molecule has 0 bridgehead atoms. The molecule has 0 fully saturated rings. The second-order valence-corrected chi connectivity index (χ2v) is 4.28. The van der Waals surface area contributed by atoms with Crippen molar-refractivity contribution in [1.82, 2.24) is 10.2 Å². The molecule has 2 rings (SSSR count). The standard InChI is InChI=1S/C13H16N2O3/c1-9(2)13-15-14-12(18-13)8-17-11-5-3-10(7-16)4-6-11/h3-6,9,16H,7-8H2,1-2H3. The van der Waals surface area contributed by atoms with Gasteiger partial charge in [0.25, 0.3) is 5.89 Å². The second kappa shape index (κ2) is 5.64. The van der Waals surface area contributed by atoms with Gasteiger partial charge in [0.2, 0.25) is 5.89 Å². The first-order chi connectivity index (χ1) is 8.69. The fourth-order valence-corrected chi connectivity index (χ4v) is 1.39. The van der Waals surface area contributed by atoms with Crippen LogP contribution < -0.4 is 4.74 Å². The lowest BCUT2D eigenvalue weighted by Crippen LogP contribution is -1.95. The topological polar surface area (TPSA) is 68.4 Å². The highest BCUT2D eigenvalue weighted by molar-refractivity contribution is 5.26. The van der Waals surface area contributed by atoms with Crippen LogP contribution in [0.15, 0.2) is 28.7 Å². The van der Waals surface area contributed by atoms with Crippen molar-refractivity contribution in [1.29, 1.82) is 0 Å². The van der Waals surface area contributed by atoms with Crippen molar-refractivity contribution in [3.05, 3.63) is 41.6 Å². The molecule has 0 saturated heterocycles. The second-order valence-electron chi connectivity index (χ2n) is 4.28. The first-order valence-corrected chi connectivity index (χ1v) is 5.84. The summed E-state index contributed by atoms with van der Waals surface area (Å²) in [6.07, 6.45) is 0. The van der Waals surface area contributed by atoms with Crippen molar-refractivity contribution >= 4 is 0 Å². The first-order valence-electron chi connectivity index (χ1n) is 5.84. The monoisotopic (exact) mass is 248 g/mol. The van der Waals surface area contributed by atoms with Gasteiger partial charge in [0.05, 0.1) is 6.61 Å². The molecular weight excluding hydrogens is 232 g/mol. The molecule has 0 aliphatic heterocycles. The SMILES string of the molecule is CC(C)c1nnc(COc2ccc(CO)cc2)o1. The van der Waals surface area contributed by atoms with Crippen LogP contribution in [-0.2, 0) is 13.2 Å². The van der Waals surface area contributed by atoms with E-state index in [1.54, 1.807) is 12.1 Å². The summed E-state index contributed by atoms with van der Waals surface area (Å²) >= 11 is 0. The molecule has 0 radical (unpaired) electrons. The summed E-state index contributed by atoms with van der Waals surface area (Å²) < 4.78 is 10.9. The van der Waals surface area contributed by atoms with Crippen molar-refractivity contribution in [2.75, 3.05) is 0 Å². The van der Waals surface area contributed by atoms with E-state index in [-0.39, 0.29) is 19.1 Å². The molecule has 1 N–H and O–H groups in total. The van der Waals surface area contributed by atoms with E-state index < -0.39 is 0 Å². The van der Waals surface area contributed by atoms with E-state index in [1.807, 2.05) is 26.0 Å². The third-order valence-corrected chi connectivity index (χ3v) is 2.44. The number of aromatic nitrogens is 2. The summed E-state index contributed by atoms with van der Waals surface area (Å²) in [7, 11) is 0. The van der Waals surface area contributed by atoms with E-state index in [0.29, 0.717) is 17.5 Å². The third-order valence-electron chi connectivity index (χ3n) is 2.44. The van der Waals surface area contributed by atoms with Gasteiger partial charge >= 0.3 is 0 Å². The van der Waals surface area contributed by atoms with Crippen LogP contribution in [0.3, 0.4) is 0 Å². The zero-order valence-corrected chi connectivity index (χ0v) is 10.5. The molecule has 0 saturated carbocycles. The predicted octanol–water partition coefficient (Wildman–Crippen LogP) is 2.26. The van der Waals surface area contributed by atoms with Gasteiger partial charge in [-0.1, -0.05) is 26.0 Å². The number of rotatable bonds is 5. The summed E-state index contributed by atoms with van der Waals surface area (Å²) in [5.41, 5.74) is 0.849. The Balaban J connectivity index is 1.93. The van der Waals surface area contributed by atoms with Gasteiger partial charge in [0, 0.05) is 5.92 Å². The number of ether oxygens (including phenoxy) is 1. The average Bonchev–Trinajstić information content (AvgIpc) is 2.86. The quantitative estimate of drug-likeness (QED) is 0.879. The van der Waals surface area contributed by atoms with E-state index in [0.717, 1.165) is 5.56 Å². The zero-order valence-electron chi connectivity index (χ0n) is 10.5. The van der Waals surface area contributed by atoms with Crippen molar-refractivity contribution in [2.45, 2.75) is 33.0 Å². The van der Waals surface area contributed by atoms with Gasteiger partial charge < -0.3 is 14.3 Å². The summed E-state index contributed by atoms with van der Waals surface area (Å²) in [5.74, 6) is 2.00. The normalized spacial score (nSPS) is 10.9. The summed E-state index contributed by atoms with van der Waals surface area (Å²) in [6, 6.07) is 7.21. The van der Waals surface area contributed by atoms with Crippen LogP contribution >= 0.6 is 0 Å². The maximum atomic E-state index is 8.92. The van der Waals surface area contributed by atoms with Crippen LogP contribution in [0.25, 0.3) is 0 Å². The van der Waals surface area contributed by atoms with Crippen molar-refractivity contribution < 1.29 is 14.3 Å². The van der Waals surface area contributed by atoms with E-state index in [1.165, 1.54) is 0 Å². The van der Waals surface area contributed by atoms with Crippen molar-refractivity contribution in [2.24, 2.45) is 0 Å². The molecule has 5 heteroatoms. The van der Waals surface area contributed by atoms with E-state index in [2.05, 4.69) is 10.2 Å². The Kier molecular flexibility index (Phi) is 3.94. The lowest BCUT2D eigenvalue weighted by molar-refractivity contribution is 0.256. The minimum absolute atomic E-state index is 0.0295. The van der Waals surface area contributed by atoms with Gasteiger partial charge in [0.1, 0.15) is 5.75 Å².